The highest BCUT2D eigenvalue weighted by atomic mass is 16.2. The van der Waals surface area contributed by atoms with Gasteiger partial charge in [0.2, 0.25) is 17.7 Å². The summed E-state index contributed by atoms with van der Waals surface area (Å²) < 4.78 is 0. The third kappa shape index (κ3) is 3.42. The van der Waals surface area contributed by atoms with Gasteiger partial charge in [-0.05, 0) is 32.1 Å². The smallest absolute Gasteiger partial charge is 0.249 e. The summed E-state index contributed by atoms with van der Waals surface area (Å²) in [4.78, 5) is 34.2. The second kappa shape index (κ2) is 5.80. The summed E-state index contributed by atoms with van der Waals surface area (Å²) in [6.07, 6.45) is 7.53. The van der Waals surface area contributed by atoms with Gasteiger partial charge in [-0.25, -0.2) is 0 Å². The fourth-order valence-corrected chi connectivity index (χ4v) is 2.35. The number of rotatable bonds is 3. The highest BCUT2D eigenvalue weighted by Gasteiger charge is 2.27. The van der Waals surface area contributed by atoms with Crippen LogP contribution in [0.4, 0.5) is 0 Å². The molecule has 0 bridgehead atoms. The van der Waals surface area contributed by atoms with E-state index in [2.05, 4.69) is 16.7 Å². The first-order chi connectivity index (χ1) is 8.65. The normalized spacial score (nSPS) is 24.2. The highest BCUT2D eigenvalue weighted by Crippen LogP contribution is 2.20. The molecule has 18 heavy (non-hydrogen) atoms. The number of piperidine rings is 1. The zero-order valence-corrected chi connectivity index (χ0v) is 10.3. The van der Waals surface area contributed by atoms with Crippen LogP contribution in [-0.2, 0) is 14.4 Å². The van der Waals surface area contributed by atoms with Crippen LogP contribution in [0.3, 0.4) is 0 Å². The molecule has 1 heterocycles. The fraction of sp³-hybridized carbons (Fsp3) is 0.615. The lowest BCUT2D eigenvalue weighted by molar-refractivity contribution is -0.137. The van der Waals surface area contributed by atoms with Gasteiger partial charge >= 0.3 is 0 Å². The Hall–Kier alpha value is -1.65. The number of carbonyl (C=O) groups excluding carboxylic acids is 3. The van der Waals surface area contributed by atoms with E-state index >= 15 is 0 Å². The maximum atomic E-state index is 11.8. The summed E-state index contributed by atoms with van der Waals surface area (Å²) in [5, 5.41) is 4.92. The number of hydrogen-bond acceptors (Lipinski definition) is 3. The summed E-state index contributed by atoms with van der Waals surface area (Å²) in [6.45, 7) is 0. The molecule has 0 aromatic rings. The van der Waals surface area contributed by atoms with Crippen molar-refractivity contribution in [2.45, 2.75) is 51.0 Å². The summed E-state index contributed by atoms with van der Waals surface area (Å²) in [5.74, 6) is -0.782. The van der Waals surface area contributed by atoms with E-state index in [1.54, 1.807) is 0 Å². The Morgan fingerprint density at radius 2 is 2.17 bits per heavy atom. The molecule has 1 aliphatic carbocycles. The van der Waals surface area contributed by atoms with E-state index in [9.17, 15) is 14.4 Å². The lowest BCUT2D eigenvalue weighted by atomic mass is 9.96. The number of allylic oxidation sites excluding steroid dienone is 1. The topological polar surface area (TPSA) is 75.3 Å². The third-order valence-electron chi connectivity index (χ3n) is 3.35. The second-order valence-electron chi connectivity index (χ2n) is 4.86. The first-order valence-corrected chi connectivity index (χ1v) is 6.46. The molecule has 2 N–H and O–H groups in total. The maximum Gasteiger partial charge on any atom is 0.249 e. The van der Waals surface area contributed by atoms with Gasteiger partial charge in [0.15, 0.2) is 0 Å². The van der Waals surface area contributed by atoms with E-state index in [-0.39, 0.29) is 11.8 Å². The van der Waals surface area contributed by atoms with Crippen molar-refractivity contribution in [3.8, 4) is 0 Å². The number of amides is 3. The Bertz CT molecular complexity index is 401. The molecular formula is C13H18N2O3. The van der Waals surface area contributed by atoms with Crippen LogP contribution in [0, 0.1) is 0 Å². The maximum absolute atomic E-state index is 11.8. The molecule has 1 aliphatic heterocycles. The molecule has 98 valence electrons. The lowest BCUT2D eigenvalue weighted by Gasteiger charge is -2.22. The van der Waals surface area contributed by atoms with Crippen LogP contribution >= 0.6 is 0 Å². The molecule has 3 amide bonds. The second-order valence-corrected chi connectivity index (χ2v) is 4.86. The molecule has 1 fully saturated rings. The van der Waals surface area contributed by atoms with Crippen LogP contribution in [0.5, 0.6) is 0 Å². The SMILES string of the molecule is O=C1CCC(NC(=O)CC2=CCCCC2)C(=O)N1. The number of nitrogens with one attached hydrogen (secondary N) is 2. The Morgan fingerprint density at radius 1 is 1.33 bits per heavy atom. The Balaban J connectivity index is 1.82. The van der Waals surface area contributed by atoms with Crippen molar-refractivity contribution in [2.75, 3.05) is 0 Å². The molecule has 5 nitrogen and oxygen atoms in total. The standard InChI is InChI=1S/C13H18N2O3/c16-11-7-6-10(13(18)15-11)14-12(17)8-9-4-2-1-3-5-9/h4,10H,1-3,5-8H2,(H,14,17)(H,15,16,18). The summed E-state index contributed by atoms with van der Waals surface area (Å²) in [6, 6.07) is -0.556. The number of hydrogen-bond donors (Lipinski definition) is 2. The van der Waals surface area contributed by atoms with Gasteiger partial charge in [-0.15, -0.1) is 0 Å². The van der Waals surface area contributed by atoms with Crippen molar-refractivity contribution in [2.24, 2.45) is 0 Å². The van der Waals surface area contributed by atoms with E-state index in [4.69, 9.17) is 0 Å². The Morgan fingerprint density at radius 3 is 2.83 bits per heavy atom. The molecule has 0 radical (unpaired) electrons. The first kappa shape index (κ1) is 12.8. The van der Waals surface area contributed by atoms with Gasteiger partial charge in [0, 0.05) is 12.8 Å². The molecule has 1 saturated heterocycles. The van der Waals surface area contributed by atoms with Gasteiger partial charge in [0.25, 0.3) is 0 Å². The predicted molar refractivity (Wildman–Crippen MR) is 65.5 cm³/mol. The van der Waals surface area contributed by atoms with E-state index in [1.807, 2.05) is 0 Å². The summed E-state index contributed by atoms with van der Waals surface area (Å²) in [5.41, 5.74) is 1.16. The van der Waals surface area contributed by atoms with Crippen LogP contribution in [-0.4, -0.2) is 23.8 Å². The van der Waals surface area contributed by atoms with Gasteiger partial charge in [-0.1, -0.05) is 11.6 Å². The largest absolute Gasteiger partial charge is 0.344 e. The van der Waals surface area contributed by atoms with E-state index < -0.39 is 11.9 Å². The van der Waals surface area contributed by atoms with Crippen LogP contribution in [0.2, 0.25) is 0 Å². The van der Waals surface area contributed by atoms with Gasteiger partial charge in [0.1, 0.15) is 6.04 Å². The van der Waals surface area contributed by atoms with Crippen molar-refractivity contribution in [3.05, 3.63) is 11.6 Å². The molecule has 0 spiro atoms. The van der Waals surface area contributed by atoms with Crippen molar-refractivity contribution in [1.29, 1.82) is 0 Å². The third-order valence-corrected chi connectivity index (χ3v) is 3.35. The fourth-order valence-electron chi connectivity index (χ4n) is 2.35. The lowest BCUT2D eigenvalue weighted by Crippen LogP contribution is -2.52. The van der Waals surface area contributed by atoms with E-state index in [1.165, 1.54) is 6.42 Å². The Labute approximate surface area is 106 Å². The minimum absolute atomic E-state index is 0.127. The van der Waals surface area contributed by atoms with Gasteiger partial charge in [-0.3, -0.25) is 19.7 Å². The van der Waals surface area contributed by atoms with Gasteiger partial charge in [-0.2, -0.15) is 0 Å². The van der Waals surface area contributed by atoms with Crippen molar-refractivity contribution in [3.63, 3.8) is 0 Å². The van der Waals surface area contributed by atoms with Crippen LogP contribution in [0.25, 0.3) is 0 Å². The quantitative estimate of drug-likeness (QED) is 0.574. The molecule has 1 atom stereocenters. The zero-order valence-electron chi connectivity index (χ0n) is 10.3. The molecule has 0 saturated carbocycles. The van der Waals surface area contributed by atoms with Crippen LogP contribution in [0.1, 0.15) is 44.9 Å². The van der Waals surface area contributed by atoms with Crippen LogP contribution in [0.15, 0.2) is 11.6 Å². The van der Waals surface area contributed by atoms with Crippen molar-refractivity contribution >= 4 is 17.7 Å². The first-order valence-electron chi connectivity index (χ1n) is 6.46. The number of imide groups is 1. The van der Waals surface area contributed by atoms with E-state index in [0.29, 0.717) is 19.3 Å². The molecular weight excluding hydrogens is 232 g/mol. The van der Waals surface area contributed by atoms with Gasteiger partial charge < -0.3 is 5.32 Å². The monoisotopic (exact) mass is 250 g/mol. The average molecular weight is 250 g/mol. The number of carbonyl (C=O) groups is 3. The molecule has 2 aliphatic rings. The van der Waals surface area contributed by atoms with Crippen molar-refractivity contribution in [1.82, 2.24) is 10.6 Å². The van der Waals surface area contributed by atoms with Crippen molar-refractivity contribution < 1.29 is 14.4 Å². The summed E-state index contributed by atoms with van der Waals surface area (Å²) >= 11 is 0. The van der Waals surface area contributed by atoms with Gasteiger partial charge in [0.05, 0.1) is 0 Å². The minimum atomic E-state index is -0.556. The summed E-state index contributed by atoms with van der Waals surface area (Å²) in [7, 11) is 0. The Kier molecular flexibility index (Phi) is 4.12. The highest BCUT2D eigenvalue weighted by molar-refractivity contribution is 6.01. The average Bonchev–Trinajstić information content (AvgIpc) is 2.34. The zero-order chi connectivity index (χ0) is 13.0. The predicted octanol–water partition coefficient (Wildman–Crippen LogP) is 0.798. The molecule has 0 aromatic carbocycles. The molecule has 5 heteroatoms. The van der Waals surface area contributed by atoms with E-state index in [0.717, 1.165) is 24.8 Å². The minimum Gasteiger partial charge on any atom is -0.344 e. The van der Waals surface area contributed by atoms with Crippen LogP contribution < -0.4 is 10.6 Å². The molecule has 1 unspecified atom stereocenters. The molecule has 0 aromatic heterocycles. The molecule has 2 rings (SSSR count).